The summed E-state index contributed by atoms with van der Waals surface area (Å²) in [7, 11) is -3.99. The van der Waals surface area contributed by atoms with Crippen LogP contribution in [-0.2, 0) is 21.1 Å². The Kier molecular flexibility index (Phi) is 8.35. The normalized spacial score (nSPS) is 18.8. The van der Waals surface area contributed by atoms with E-state index in [0.717, 1.165) is 24.2 Å². The van der Waals surface area contributed by atoms with Crippen molar-refractivity contribution >= 4 is 44.8 Å². The predicted octanol–water partition coefficient (Wildman–Crippen LogP) is 2.80. The summed E-state index contributed by atoms with van der Waals surface area (Å²) in [5.41, 5.74) is 1.21. The zero-order chi connectivity index (χ0) is 25.9. The Bertz CT molecular complexity index is 1350. The minimum absolute atomic E-state index is 0.00163. The molecule has 5 N–H and O–H groups in total. The minimum Gasteiger partial charge on any atom is -0.391 e. The molecular formula is C23H25ClN4O6S2. The van der Waals surface area contributed by atoms with E-state index in [1.807, 2.05) is 0 Å². The number of aromatic nitrogens is 2. The van der Waals surface area contributed by atoms with E-state index in [2.05, 4.69) is 15.3 Å². The number of nitrogens with zero attached hydrogens (tertiary/aromatic N) is 2. The fourth-order valence-electron chi connectivity index (χ4n) is 4.25. The van der Waals surface area contributed by atoms with Crippen molar-refractivity contribution < 1.29 is 27.6 Å². The number of rotatable bonds is 10. The molecule has 0 saturated heterocycles. The molecule has 3 aromatic rings. The monoisotopic (exact) mass is 552 g/mol. The van der Waals surface area contributed by atoms with E-state index in [-0.39, 0.29) is 36.5 Å². The second-order valence-electron chi connectivity index (χ2n) is 8.52. The molecule has 1 aliphatic rings. The minimum atomic E-state index is -3.99. The number of halogens is 1. The van der Waals surface area contributed by atoms with Crippen molar-refractivity contribution in [1.29, 1.82) is 0 Å². The molecule has 1 aromatic carbocycles. The van der Waals surface area contributed by atoms with Crippen LogP contribution < -0.4 is 10.5 Å². The second-order valence-corrected chi connectivity index (χ2v) is 11.3. The first-order valence-corrected chi connectivity index (χ1v) is 13.8. The molecule has 1 aliphatic carbocycles. The molecule has 1 fully saturated rings. The van der Waals surface area contributed by atoms with Crippen molar-refractivity contribution in [2.45, 2.75) is 38.0 Å². The van der Waals surface area contributed by atoms with E-state index in [0.29, 0.717) is 38.1 Å². The Morgan fingerprint density at radius 2 is 2.14 bits per heavy atom. The first kappa shape index (κ1) is 26.6. The van der Waals surface area contributed by atoms with E-state index in [1.165, 1.54) is 12.5 Å². The summed E-state index contributed by atoms with van der Waals surface area (Å²) in [5.74, 6) is 0.000102. The summed E-state index contributed by atoms with van der Waals surface area (Å²) in [6.45, 7) is -0.338. The van der Waals surface area contributed by atoms with E-state index in [9.17, 15) is 23.4 Å². The number of aliphatic hydroxyl groups excluding tert-OH is 2. The van der Waals surface area contributed by atoms with Crippen molar-refractivity contribution in [3.05, 3.63) is 74.3 Å². The van der Waals surface area contributed by atoms with E-state index >= 15 is 0 Å². The fraction of sp³-hybridized carbons (Fsp3) is 0.348. The lowest BCUT2D eigenvalue weighted by Crippen LogP contribution is -2.22. The van der Waals surface area contributed by atoms with Gasteiger partial charge in [-0.25, -0.2) is 15.1 Å². The largest absolute Gasteiger partial charge is 0.391 e. The molecule has 36 heavy (non-hydrogen) atoms. The molecule has 0 bridgehead atoms. The van der Waals surface area contributed by atoms with Crippen molar-refractivity contribution in [3.63, 3.8) is 0 Å². The SMILES string of the molecule is NS(=O)(=O)OC[C@@H]1CC[C@H](Nc2ncncc2C(=O)c2cc(C(O)c3cccc(Cl)c3)c(CO)s2)C1. The maximum absolute atomic E-state index is 13.4. The first-order chi connectivity index (χ1) is 17.1. The smallest absolute Gasteiger partial charge is 0.333 e. The molecule has 0 aliphatic heterocycles. The molecule has 0 spiro atoms. The molecule has 2 heterocycles. The molecule has 1 unspecified atom stereocenters. The summed E-state index contributed by atoms with van der Waals surface area (Å²) < 4.78 is 26.8. The average Bonchev–Trinajstić information content (AvgIpc) is 3.49. The van der Waals surface area contributed by atoms with Crippen molar-refractivity contribution in [3.8, 4) is 0 Å². The van der Waals surface area contributed by atoms with Crippen LogP contribution >= 0.6 is 22.9 Å². The molecule has 10 nitrogen and oxygen atoms in total. The zero-order valence-corrected chi connectivity index (χ0v) is 21.4. The number of benzene rings is 1. The molecule has 0 amide bonds. The second kappa shape index (κ2) is 11.3. The van der Waals surface area contributed by atoms with Gasteiger partial charge in [-0.2, -0.15) is 8.42 Å². The van der Waals surface area contributed by atoms with Gasteiger partial charge in [0.1, 0.15) is 18.2 Å². The number of hydrogen-bond donors (Lipinski definition) is 4. The lowest BCUT2D eigenvalue weighted by Gasteiger charge is -2.15. The van der Waals surface area contributed by atoms with Crippen LogP contribution in [-0.4, -0.2) is 47.0 Å². The molecule has 192 valence electrons. The predicted molar refractivity (Wildman–Crippen MR) is 135 cm³/mol. The number of thiophene rings is 1. The zero-order valence-electron chi connectivity index (χ0n) is 19.0. The quantitative estimate of drug-likeness (QED) is 0.277. The van der Waals surface area contributed by atoms with Gasteiger partial charge in [0.25, 0.3) is 0 Å². The Morgan fingerprint density at radius 3 is 2.86 bits per heavy atom. The fourth-order valence-corrected chi connectivity index (χ4v) is 5.84. The van der Waals surface area contributed by atoms with Gasteiger partial charge in [-0.1, -0.05) is 23.7 Å². The number of ketones is 1. The summed E-state index contributed by atoms with van der Waals surface area (Å²) in [5, 5.41) is 29.4. The van der Waals surface area contributed by atoms with Gasteiger partial charge in [0, 0.05) is 27.7 Å². The standard InChI is InChI=1S/C23H25ClN4O6S2/c24-15-3-1-2-14(7-15)21(30)17-8-19(35-20(17)10-29)22(31)18-9-26-12-27-23(18)28-16-5-4-13(6-16)11-34-36(25,32)33/h1-3,7-9,12-13,16,21,29-30H,4-6,10-11H2,(H2,25,32,33)(H,26,27,28)/t13-,16+,21?/m1/s1. The topological polar surface area (TPSA) is 165 Å². The molecule has 1 saturated carbocycles. The Hall–Kier alpha value is -2.45. The van der Waals surface area contributed by atoms with E-state index in [4.69, 9.17) is 20.9 Å². The summed E-state index contributed by atoms with van der Waals surface area (Å²) in [6.07, 6.45) is 3.77. The van der Waals surface area contributed by atoms with E-state index < -0.39 is 16.4 Å². The molecule has 4 rings (SSSR count). The van der Waals surface area contributed by atoms with E-state index in [1.54, 1.807) is 30.3 Å². The number of anilines is 1. The average molecular weight is 553 g/mol. The highest BCUT2D eigenvalue weighted by molar-refractivity contribution is 7.84. The van der Waals surface area contributed by atoms with Crippen LogP contribution in [0.3, 0.4) is 0 Å². The third kappa shape index (κ3) is 6.45. The summed E-state index contributed by atoms with van der Waals surface area (Å²) >= 11 is 7.14. The van der Waals surface area contributed by atoms with Crippen LogP contribution in [0, 0.1) is 5.92 Å². The molecule has 2 aromatic heterocycles. The van der Waals surface area contributed by atoms with Crippen molar-refractivity contribution in [1.82, 2.24) is 9.97 Å². The van der Waals surface area contributed by atoms with Crippen LogP contribution in [0.2, 0.25) is 5.02 Å². The third-order valence-electron chi connectivity index (χ3n) is 5.98. The number of aliphatic hydroxyl groups is 2. The van der Waals surface area contributed by atoms with Crippen LogP contribution in [0.15, 0.2) is 42.9 Å². The van der Waals surface area contributed by atoms with Gasteiger partial charge in [-0.05, 0) is 48.9 Å². The molecular weight excluding hydrogens is 528 g/mol. The van der Waals surface area contributed by atoms with Gasteiger partial charge >= 0.3 is 10.3 Å². The van der Waals surface area contributed by atoms with Gasteiger partial charge in [0.15, 0.2) is 0 Å². The van der Waals surface area contributed by atoms with Crippen LogP contribution in [0.1, 0.15) is 56.6 Å². The highest BCUT2D eigenvalue weighted by atomic mass is 35.5. The Balaban J connectivity index is 1.52. The number of carbonyl (C=O) groups is 1. The van der Waals surface area contributed by atoms with Crippen molar-refractivity contribution in [2.24, 2.45) is 11.1 Å². The van der Waals surface area contributed by atoms with Gasteiger partial charge in [0.2, 0.25) is 5.78 Å². The Morgan fingerprint density at radius 1 is 1.33 bits per heavy atom. The van der Waals surface area contributed by atoms with Crippen molar-refractivity contribution in [2.75, 3.05) is 11.9 Å². The number of hydrogen-bond acceptors (Lipinski definition) is 10. The van der Waals surface area contributed by atoms with Gasteiger partial charge in [0.05, 0.1) is 23.7 Å². The van der Waals surface area contributed by atoms with Crippen LogP contribution in [0.5, 0.6) is 0 Å². The lowest BCUT2D eigenvalue weighted by molar-refractivity contribution is 0.104. The number of carbonyl (C=O) groups excluding carboxylic acids is 1. The highest BCUT2D eigenvalue weighted by Gasteiger charge is 2.28. The molecule has 0 radical (unpaired) electrons. The summed E-state index contributed by atoms with van der Waals surface area (Å²) in [6, 6.07) is 8.27. The number of nitrogens with one attached hydrogen (secondary N) is 1. The number of nitrogens with two attached hydrogens (primary N) is 1. The van der Waals surface area contributed by atoms with Crippen LogP contribution in [0.4, 0.5) is 5.82 Å². The Labute approximate surface area is 217 Å². The molecule has 13 heteroatoms. The maximum atomic E-state index is 13.4. The van der Waals surface area contributed by atoms with Gasteiger partial charge in [-0.15, -0.1) is 11.3 Å². The third-order valence-corrected chi connectivity index (χ3v) is 7.81. The van der Waals surface area contributed by atoms with Gasteiger partial charge < -0.3 is 15.5 Å². The van der Waals surface area contributed by atoms with Gasteiger partial charge in [-0.3, -0.25) is 8.98 Å². The van der Waals surface area contributed by atoms with Crippen LogP contribution in [0.25, 0.3) is 0 Å². The first-order valence-electron chi connectivity index (χ1n) is 11.1. The maximum Gasteiger partial charge on any atom is 0.333 e. The highest BCUT2D eigenvalue weighted by Crippen LogP contribution is 2.35. The summed E-state index contributed by atoms with van der Waals surface area (Å²) in [4.78, 5) is 22.4. The molecule has 3 atom stereocenters. The lowest BCUT2D eigenvalue weighted by atomic mass is 10.0.